The Bertz CT molecular complexity index is 744. The lowest BCUT2D eigenvalue weighted by atomic mass is 9.86. The van der Waals surface area contributed by atoms with E-state index in [1.165, 1.54) is 0 Å². The molecule has 0 amide bonds. The van der Waals surface area contributed by atoms with E-state index in [2.05, 4.69) is 0 Å². The first-order valence-electron chi connectivity index (χ1n) is 8.76. The molecule has 2 aromatic rings. The van der Waals surface area contributed by atoms with E-state index in [0.717, 1.165) is 17.5 Å². The summed E-state index contributed by atoms with van der Waals surface area (Å²) in [5.41, 5.74) is 1.99. The second kappa shape index (κ2) is 9.92. The smallest absolute Gasteiger partial charge is 0.203 e. The summed E-state index contributed by atoms with van der Waals surface area (Å²) in [6.07, 6.45) is 1.38. The summed E-state index contributed by atoms with van der Waals surface area (Å²) in [7, 11) is 8.01. The minimum Gasteiger partial charge on any atom is -0.493 e. The van der Waals surface area contributed by atoms with Gasteiger partial charge in [0.1, 0.15) is 0 Å². The maximum Gasteiger partial charge on any atom is 0.203 e. The summed E-state index contributed by atoms with van der Waals surface area (Å²) < 4.78 is 27.4. The van der Waals surface area contributed by atoms with Crippen molar-refractivity contribution in [2.75, 3.05) is 42.2 Å². The minimum atomic E-state index is -0.0216. The van der Waals surface area contributed by atoms with E-state index in [1.54, 1.807) is 35.5 Å². The van der Waals surface area contributed by atoms with Crippen LogP contribution in [0.1, 0.15) is 29.9 Å². The topological polar surface area (TPSA) is 66.4 Å². The van der Waals surface area contributed by atoms with Gasteiger partial charge in [-0.15, -0.1) is 0 Å². The summed E-state index contributed by atoms with van der Waals surface area (Å²) in [5.74, 6) is 3.07. The number of ether oxygens (including phenoxy) is 5. The quantitative estimate of drug-likeness (QED) is 0.683. The summed E-state index contributed by atoms with van der Waals surface area (Å²) in [5, 5.41) is 9.38. The van der Waals surface area contributed by atoms with Crippen LogP contribution in [0.3, 0.4) is 0 Å². The molecule has 27 heavy (non-hydrogen) atoms. The zero-order valence-electron chi connectivity index (χ0n) is 16.6. The molecular weight excluding hydrogens is 348 g/mol. The van der Waals surface area contributed by atoms with Crippen molar-refractivity contribution in [1.82, 2.24) is 0 Å². The van der Waals surface area contributed by atoms with Gasteiger partial charge in [-0.1, -0.05) is 12.1 Å². The van der Waals surface area contributed by atoms with E-state index in [-0.39, 0.29) is 12.5 Å². The van der Waals surface area contributed by atoms with Crippen LogP contribution >= 0.6 is 0 Å². The van der Waals surface area contributed by atoms with Crippen molar-refractivity contribution >= 4 is 0 Å². The molecule has 2 aromatic carbocycles. The van der Waals surface area contributed by atoms with Crippen LogP contribution in [0.5, 0.6) is 28.7 Å². The van der Waals surface area contributed by atoms with E-state index < -0.39 is 0 Å². The minimum absolute atomic E-state index is 0.0216. The highest BCUT2D eigenvalue weighted by Gasteiger charge is 2.24. The van der Waals surface area contributed by atoms with E-state index in [9.17, 15) is 5.11 Å². The third kappa shape index (κ3) is 4.39. The van der Waals surface area contributed by atoms with Gasteiger partial charge in [-0.05, 0) is 36.6 Å². The molecule has 0 aromatic heterocycles. The van der Waals surface area contributed by atoms with Gasteiger partial charge in [-0.2, -0.15) is 0 Å². The second-order valence-corrected chi connectivity index (χ2v) is 5.96. The molecule has 0 aliphatic heterocycles. The van der Waals surface area contributed by atoms with E-state index in [0.29, 0.717) is 35.2 Å². The summed E-state index contributed by atoms with van der Waals surface area (Å²) in [6.45, 7) is 0.111. The SMILES string of the molecule is COc1ccc(C(CCCO)c2ccc(OC)c(OC)c2OC)cc1OC. The molecule has 1 atom stereocenters. The normalized spacial score (nSPS) is 11.6. The van der Waals surface area contributed by atoms with Crippen LogP contribution in [0.25, 0.3) is 0 Å². The highest BCUT2D eigenvalue weighted by atomic mass is 16.5. The third-order valence-electron chi connectivity index (χ3n) is 4.57. The number of methoxy groups -OCH3 is 5. The fraction of sp³-hybridized carbons (Fsp3) is 0.429. The Balaban J connectivity index is 2.60. The van der Waals surface area contributed by atoms with Gasteiger partial charge in [0, 0.05) is 18.1 Å². The van der Waals surface area contributed by atoms with E-state index in [1.807, 2.05) is 30.3 Å². The molecule has 0 fully saturated rings. The largest absolute Gasteiger partial charge is 0.493 e. The molecule has 6 heteroatoms. The number of rotatable bonds is 10. The average molecular weight is 376 g/mol. The van der Waals surface area contributed by atoms with Gasteiger partial charge in [0.25, 0.3) is 0 Å². The lowest BCUT2D eigenvalue weighted by Crippen LogP contribution is -2.07. The Morgan fingerprint density at radius 3 is 1.93 bits per heavy atom. The average Bonchev–Trinajstić information content (AvgIpc) is 2.72. The van der Waals surface area contributed by atoms with Gasteiger partial charge in [-0.3, -0.25) is 0 Å². The van der Waals surface area contributed by atoms with Crippen molar-refractivity contribution in [1.29, 1.82) is 0 Å². The van der Waals surface area contributed by atoms with E-state index in [4.69, 9.17) is 23.7 Å². The van der Waals surface area contributed by atoms with Crippen LogP contribution in [0.2, 0.25) is 0 Å². The Labute approximate surface area is 160 Å². The molecule has 6 nitrogen and oxygen atoms in total. The van der Waals surface area contributed by atoms with Crippen molar-refractivity contribution < 1.29 is 28.8 Å². The molecule has 0 aliphatic carbocycles. The maximum atomic E-state index is 9.38. The van der Waals surface area contributed by atoms with Gasteiger partial charge in [0.2, 0.25) is 5.75 Å². The third-order valence-corrected chi connectivity index (χ3v) is 4.57. The highest BCUT2D eigenvalue weighted by molar-refractivity contribution is 5.59. The van der Waals surface area contributed by atoms with Gasteiger partial charge in [0.15, 0.2) is 23.0 Å². The van der Waals surface area contributed by atoms with Crippen LogP contribution < -0.4 is 23.7 Å². The first-order valence-corrected chi connectivity index (χ1v) is 8.76. The second-order valence-electron chi connectivity index (χ2n) is 5.96. The molecule has 0 saturated carbocycles. The summed E-state index contributed by atoms with van der Waals surface area (Å²) in [6, 6.07) is 9.67. The molecule has 148 valence electrons. The number of benzene rings is 2. The number of aliphatic hydroxyl groups excluding tert-OH is 1. The Morgan fingerprint density at radius 2 is 1.37 bits per heavy atom. The van der Waals surface area contributed by atoms with Gasteiger partial charge < -0.3 is 28.8 Å². The van der Waals surface area contributed by atoms with Gasteiger partial charge in [-0.25, -0.2) is 0 Å². The Morgan fingerprint density at radius 1 is 0.741 bits per heavy atom. The molecule has 0 heterocycles. The lowest BCUT2D eigenvalue weighted by Gasteiger charge is -2.23. The van der Waals surface area contributed by atoms with Crippen molar-refractivity contribution in [3.8, 4) is 28.7 Å². The first kappa shape index (κ1) is 20.7. The molecule has 0 saturated heterocycles. The monoisotopic (exact) mass is 376 g/mol. The lowest BCUT2D eigenvalue weighted by molar-refractivity contribution is 0.280. The van der Waals surface area contributed by atoms with E-state index >= 15 is 0 Å². The maximum absolute atomic E-state index is 9.38. The number of hydrogen-bond acceptors (Lipinski definition) is 6. The molecular formula is C21H28O6. The van der Waals surface area contributed by atoms with Gasteiger partial charge >= 0.3 is 0 Å². The molecule has 0 bridgehead atoms. The van der Waals surface area contributed by atoms with Crippen molar-refractivity contribution in [2.24, 2.45) is 0 Å². The standard InChI is InChI=1S/C21H28O6/c1-23-17-10-8-14(13-19(17)25-3)15(7-6-12-22)16-9-11-18(24-2)21(27-5)20(16)26-4/h8-11,13,15,22H,6-7,12H2,1-5H3. The fourth-order valence-corrected chi connectivity index (χ4v) is 3.27. The van der Waals surface area contributed by atoms with Crippen molar-refractivity contribution in [3.05, 3.63) is 41.5 Å². The summed E-state index contributed by atoms with van der Waals surface area (Å²) in [4.78, 5) is 0. The first-order chi connectivity index (χ1) is 13.1. The van der Waals surface area contributed by atoms with Crippen LogP contribution in [-0.2, 0) is 0 Å². The summed E-state index contributed by atoms with van der Waals surface area (Å²) >= 11 is 0. The fourth-order valence-electron chi connectivity index (χ4n) is 3.27. The zero-order chi connectivity index (χ0) is 19.8. The Hall–Kier alpha value is -2.60. The molecule has 0 aliphatic rings. The van der Waals surface area contributed by atoms with Crippen LogP contribution in [-0.4, -0.2) is 47.3 Å². The molecule has 1 N–H and O–H groups in total. The van der Waals surface area contributed by atoms with Crippen LogP contribution in [0.15, 0.2) is 30.3 Å². The van der Waals surface area contributed by atoms with Crippen molar-refractivity contribution in [2.45, 2.75) is 18.8 Å². The highest BCUT2D eigenvalue weighted by Crippen LogP contribution is 2.46. The molecule has 0 radical (unpaired) electrons. The van der Waals surface area contributed by atoms with Gasteiger partial charge in [0.05, 0.1) is 35.5 Å². The molecule has 0 spiro atoms. The molecule has 1 unspecified atom stereocenters. The number of aliphatic hydroxyl groups is 1. The predicted octanol–water partition coefficient (Wildman–Crippen LogP) is 3.63. The van der Waals surface area contributed by atoms with Crippen LogP contribution in [0.4, 0.5) is 0 Å². The van der Waals surface area contributed by atoms with Crippen LogP contribution in [0, 0.1) is 0 Å². The Kier molecular flexibility index (Phi) is 7.61. The predicted molar refractivity (Wildman–Crippen MR) is 104 cm³/mol. The zero-order valence-corrected chi connectivity index (χ0v) is 16.6. The molecule has 2 rings (SSSR count). The van der Waals surface area contributed by atoms with Crippen molar-refractivity contribution in [3.63, 3.8) is 0 Å². The number of hydrogen-bond donors (Lipinski definition) is 1.